The summed E-state index contributed by atoms with van der Waals surface area (Å²) < 4.78 is 0. The van der Waals surface area contributed by atoms with E-state index in [0.29, 0.717) is 0 Å². The van der Waals surface area contributed by atoms with E-state index in [1.54, 1.807) is 0 Å². The Labute approximate surface area is 115 Å². The maximum atomic E-state index is 12.5. The third-order valence-corrected chi connectivity index (χ3v) is 4.21. The van der Waals surface area contributed by atoms with Crippen LogP contribution < -0.4 is 5.73 Å². The summed E-state index contributed by atoms with van der Waals surface area (Å²) in [5.74, 6) is 0.127. The number of carbonyl (C=O) groups is 1. The first-order valence-electron chi connectivity index (χ1n) is 7.08. The predicted molar refractivity (Wildman–Crippen MR) is 78.1 cm³/mol. The second kappa shape index (κ2) is 5.33. The van der Waals surface area contributed by atoms with Crippen LogP contribution in [0.5, 0.6) is 0 Å². The Morgan fingerprint density at radius 3 is 2.53 bits per heavy atom. The number of hydrogen-bond acceptors (Lipinski definition) is 2. The van der Waals surface area contributed by atoms with E-state index in [9.17, 15) is 4.79 Å². The molecule has 1 heterocycles. The van der Waals surface area contributed by atoms with E-state index < -0.39 is 0 Å². The minimum Gasteiger partial charge on any atom is -0.338 e. The first-order chi connectivity index (χ1) is 8.94. The van der Waals surface area contributed by atoms with E-state index >= 15 is 0 Å². The summed E-state index contributed by atoms with van der Waals surface area (Å²) in [5.41, 5.74) is 8.15. The molecule has 3 nitrogen and oxygen atoms in total. The second-order valence-electron chi connectivity index (χ2n) is 6.16. The van der Waals surface area contributed by atoms with Gasteiger partial charge >= 0.3 is 0 Å². The van der Waals surface area contributed by atoms with E-state index in [4.69, 9.17) is 5.73 Å². The van der Waals surface area contributed by atoms with Crippen molar-refractivity contribution in [3.05, 3.63) is 35.4 Å². The minimum absolute atomic E-state index is 0.00271. The van der Waals surface area contributed by atoms with Crippen LogP contribution in [0.4, 0.5) is 0 Å². The highest BCUT2D eigenvalue weighted by molar-refractivity contribution is 5.94. The fraction of sp³-hybridized carbons (Fsp3) is 0.562. The highest BCUT2D eigenvalue weighted by Gasteiger charge is 2.35. The molecule has 0 bridgehead atoms. The van der Waals surface area contributed by atoms with Crippen LogP contribution in [0.1, 0.15) is 43.1 Å². The fourth-order valence-corrected chi connectivity index (χ4v) is 2.61. The summed E-state index contributed by atoms with van der Waals surface area (Å²) in [6.07, 6.45) is 1.88. The molecule has 0 saturated carbocycles. The third kappa shape index (κ3) is 2.98. The Morgan fingerprint density at radius 1 is 1.37 bits per heavy atom. The number of carbonyl (C=O) groups excluding carboxylic acids is 1. The van der Waals surface area contributed by atoms with E-state index in [0.717, 1.165) is 31.5 Å². The van der Waals surface area contributed by atoms with E-state index in [1.807, 2.05) is 29.2 Å². The molecule has 0 aliphatic carbocycles. The van der Waals surface area contributed by atoms with Crippen molar-refractivity contribution >= 4 is 5.91 Å². The first kappa shape index (κ1) is 14.1. The van der Waals surface area contributed by atoms with Gasteiger partial charge in [0.15, 0.2) is 0 Å². The van der Waals surface area contributed by atoms with Crippen LogP contribution in [-0.4, -0.2) is 29.9 Å². The first-order valence-corrected chi connectivity index (χ1v) is 7.08. The summed E-state index contributed by atoms with van der Waals surface area (Å²) in [6.45, 7) is 7.89. The maximum Gasteiger partial charge on any atom is 0.253 e. The Bertz CT molecular complexity index is 450. The monoisotopic (exact) mass is 260 g/mol. The number of piperidine rings is 1. The van der Waals surface area contributed by atoms with Crippen LogP contribution in [0.3, 0.4) is 0 Å². The number of likely N-dealkylation sites (tertiary alicyclic amines) is 1. The van der Waals surface area contributed by atoms with Crippen LogP contribution in [0.2, 0.25) is 0 Å². The molecule has 0 aromatic heterocycles. The lowest BCUT2D eigenvalue weighted by molar-refractivity contribution is 0.0533. The Balaban J connectivity index is 2.11. The SMILES string of the molecule is CCc1ccc(C(=O)N2CCC(N)C(C)(C)C2)cc1. The zero-order chi connectivity index (χ0) is 14.0. The van der Waals surface area contributed by atoms with Gasteiger partial charge in [-0.15, -0.1) is 0 Å². The molecule has 2 rings (SSSR count). The molecule has 1 amide bonds. The van der Waals surface area contributed by atoms with Crippen molar-refractivity contribution in [2.45, 2.75) is 39.7 Å². The van der Waals surface area contributed by atoms with Crippen LogP contribution in [0.25, 0.3) is 0 Å². The van der Waals surface area contributed by atoms with Crippen LogP contribution in [0.15, 0.2) is 24.3 Å². The second-order valence-corrected chi connectivity index (χ2v) is 6.16. The van der Waals surface area contributed by atoms with E-state index in [2.05, 4.69) is 20.8 Å². The molecule has 1 atom stereocenters. The number of amides is 1. The minimum atomic E-state index is -0.00271. The van der Waals surface area contributed by atoms with Crippen LogP contribution in [-0.2, 0) is 6.42 Å². The topological polar surface area (TPSA) is 46.3 Å². The summed E-state index contributed by atoms with van der Waals surface area (Å²) in [4.78, 5) is 14.4. The highest BCUT2D eigenvalue weighted by Crippen LogP contribution is 2.28. The van der Waals surface area contributed by atoms with Crippen molar-refractivity contribution < 1.29 is 4.79 Å². The van der Waals surface area contributed by atoms with Gasteiger partial charge < -0.3 is 10.6 Å². The average Bonchev–Trinajstić information content (AvgIpc) is 2.41. The van der Waals surface area contributed by atoms with Crippen molar-refractivity contribution in [1.29, 1.82) is 0 Å². The number of aryl methyl sites for hydroxylation is 1. The van der Waals surface area contributed by atoms with Crippen molar-refractivity contribution in [2.75, 3.05) is 13.1 Å². The lowest BCUT2D eigenvalue weighted by Gasteiger charge is -2.42. The van der Waals surface area contributed by atoms with Gasteiger partial charge in [0.2, 0.25) is 0 Å². The zero-order valence-electron chi connectivity index (χ0n) is 12.1. The molecule has 0 spiro atoms. The van der Waals surface area contributed by atoms with Gasteiger partial charge in [-0.1, -0.05) is 32.9 Å². The molecular weight excluding hydrogens is 236 g/mol. The molecule has 1 aromatic rings. The van der Waals surface area contributed by atoms with E-state index in [-0.39, 0.29) is 17.4 Å². The van der Waals surface area contributed by atoms with Gasteiger partial charge in [0.25, 0.3) is 5.91 Å². The average molecular weight is 260 g/mol. The maximum absolute atomic E-state index is 12.5. The standard InChI is InChI=1S/C16H24N2O/c1-4-12-5-7-13(8-6-12)15(19)18-10-9-14(17)16(2,3)11-18/h5-8,14H,4,9-11,17H2,1-3H3. The predicted octanol–water partition coefficient (Wildman–Crippen LogP) is 2.45. The largest absolute Gasteiger partial charge is 0.338 e. The normalized spacial score (nSPS) is 22.3. The molecule has 1 saturated heterocycles. The fourth-order valence-electron chi connectivity index (χ4n) is 2.61. The Hall–Kier alpha value is -1.35. The van der Waals surface area contributed by atoms with Gasteiger partial charge in [-0.3, -0.25) is 4.79 Å². The molecule has 1 aliphatic rings. The molecule has 1 fully saturated rings. The molecule has 19 heavy (non-hydrogen) atoms. The smallest absolute Gasteiger partial charge is 0.253 e. The molecule has 104 valence electrons. The molecule has 0 radical (unpaired) electrons. The number of hydrogen-bond donors (Lipinski definition) is 1. The van der Waals surface area contributed by atoms with Crippen LogP contribution in [0, 0.1) is 5.41 Å². The Morgan fingerprint density at radius 2 is 2.00 bits per heavy atom. The lowest BCUT2D eigenvalue weighted by atomic mass is 9.79. The van der Waals surface area contributed by atoms with Crippen molar-refractivity contribution in [2.24, 2.45) is 11.1 Å². The number of benzene rings is 1. The van der Waals surface area contributed by atoms with Crippen LogP contribution >= 0.6 is 0 Å². The highest BCUT2D eigenvalue weighted by atomic mass is 16.2. The quantitative estimate of drug-likeness (QED) is 0.888. The van der Waals surface area contributed by atoms with Crippen molar-refractivity contribution in [3.8, 4) is 0 Å². The number of nitrogens with zero attached hydrogens (tertiary/aromatic N) is 1. The van der Waals surface area contributed by atoms with Crippen molar-refractivity contribution in [3.63, 3.8) is 0 Å². The number of rotatable bonds is 2. The Kier molecular flexibility index (Phi) is 3.95. The summed E-state index contributed by atoms with van der Waals surface area (Å²) >= 11 is 0. The molecule has 1 aliphatic heterocycles. The van der Waals surface area contributed by atoms with Gasteiger partial charge in [-0.25, -0.2) is 0 Å². The summed E-state index contributed by atoms with van der Waals surface area (Å²) in [5, 5.41) is 0. The van der Waals surface area contributed by atoms with E-state index in [1.165, 1.54) is 5.56 Å². The zero-order valence-corrected chi connectivity index (χ0v) is 12.1. The molecule has 2 N–H and O–H groups in total. The summed E-state index contributed by atoms with van der Waals surface area (Å²) in [7, 11) is 0. The number of nitrogens with two attached hydrogens (primary N) is 1. The molecule has 1 unspecified atom stereocenters. The molecular formula is C16H24N2O. The lowest BCUT2D eigenvalue weighted by Crippen LogP contribution is -2.53. The van der Waals surface area contributed by atoms with Gasteiger partial charge in [-0.05, 0) is 36.0 Å². The molecule has 1 aromatic carbocycles. The van der Waals surface area contributed by atoms with Gasteiger partial charge in [-0.2, -0.15) is 0 Å². The van der Waals surface area contributed by atoms with Gasteiger partial charge in [0.05, 0.1) is 0 Å². The van der Waals surface area contributed by atoms with Gasteiger partial charge in [0.1, 0.15) is 0 Å². The van der Waals surface area contributed by atoms with Gasteiger partial charge in [0, 0.05) is 24.7 Å². The third-order valence-electron chi connectivity index (χ3n) is 4.21. The molecule has 3 heteroatoms. The summed E-state index contributed by atoms with van der Waals surface area (Å²) in [6, 6.07) is 8.12. The van der Waals surface area contributed by atoms with Crippen molar-refractivity contribution in [1.82, 2.24) is 4.90 Å².